The molecule has 1 rings (SSSR count). The fourth-order valence-electron chi connectivity index (χ4n) is 1.53. The third-order valence-corrected chi connectivity index (χ3v) is 2.38. The second kappa shape index (κ2) is 5.99. The summed E-state index contributed by atoms with van der Waals surface area (Å²) in [5.74, 6) is 0. The van der Waals surface area contributed by atoms with E-state index in [9.17, 15) is 0 Å². The molecule has 0 bridgehead atoms. The molecule has 0 saturated heterocycles. The smallest absolute Gasteiger partial charge is 0.0363 e. The van der Waals surface area contributed by atoms with Gasteiger partial charge in [0.2, 0.25) is 0 Å². The van der Waals surface area contributed by atoms with Crippen LogP contribution in [0.1, 0.15) is 18.1 Å². The molecule has 0 amide bonds. The summed E-state index contributed by atoms with van der Waals surface area (Å²) in [4.78, 5) is 2.11. The van der Waals surface area contributed by atoms with Crippen molar-refractivity contribution in [2.45, 2.75) is 26.3 Å². The van der Waals surface area contributed by atoms with Crippen molar-refractivity contribution in [3.63, 3.8) is 0 Å². The van der Waals surface area contributed by atoms with Crippen molar-refractivity contribution in [2.75, 3.05) is 19.0 Å². The third-order valence-electron chi connectivity index (χ3n) is 2.38. The van der Waals surface area contributed by atoms with Crippen molar-refractivity contribution in [3.05, 3.63) is 29.3 Å². The second-order valence-corrected chi connectivity index (χ2v) is 4.19. The predicted molar refractivity (Wildman–Crippen MR) is 70.1 cm³/mol. The summed E-state index contributed by atoms with van der Waals surface area (Å²) in [6.45, 7) is 4.18. The number of nitrogens with zero attached hydrogens (tertiary/aromatic N) is 1. The number of nitrogens with two attached hydrogens (primary N) is 1. The second-order valence-electron chi connectivity index (χ2n) is 4.19. The highest BCUT2D eigenvalue weighted by Gasteiger charge is 2.03. The molecular formula is C12H21ClN2. The molecule has 2 nitrogen and oxygen atoms in total. The van der Waals surface area contributed by atoms with E-state index in [1.165, 1.54) is 16.8 Å². The van der Waals surface area contributed by atoms with Gasteiger partial charge in [0, 0.05) is 25.8 Å². The zero-order chi connectivity index (χ0) is 10.7. The number of aryl methyl sites for hydroxylation is 1. The van der Waals surface area contributed by atoms with Crippen molar-refractivity contribution >= 4 is 18.1 Å². The van der Waals surface area contributed by atoms with Gasteiger partial charge in [-0.1, -0.05) is 6.07 Å². The third kappa shape index (κ3) is 4.10. The van der Waals surface area contributed by atoms with Gasteiger partial charge in [0.15, 0.2) is 0 Å². The Kier molecular flexibility index (Phi) is 5.69. The highest BCUT2D eigenvalue weighted by Crippen LogP contribution is 2.18. The van der Waals surface area contributed by atoms with Crippen LogP contribution in [0.2, 0.25) is 0 Å². The molecule has 15 heavy (non-hydrogen) atoms. The largest absolute Gasteiger partial charge is 0.378 e. The molecule has 0 radical (unpaired) electrons. The van der Waals surface area contributed by atoms with Gasteiger partial charge in [-0.3, -0.25) is 0 Å². The first-order chi connectivity index (χ1) is 6.50. The van der Waals surface area contributed by atoms with E-state index in [0.29, 0.717) is 0 Å². The number of rotatable bonds is 3. The van der Waals surface area contributed by atoms with Crippen LogP contribution >= 0.6 is 12.4 Å². The number of hydrogen-bond donors (Lipinski definition) is 1. The average molecular weight is 229 g/mol. The predicted octanol–water partition coefficient (Wildman–Crippen LogP) is 2.37. The molecule has 0 aliphatic heterocycles. The Balaban J connectivity index is 0.00000196. The average Bonchev–Trinajstić information content (AvgIpc) is 2.07. The Bertz CT molecular complexity index is 308. The Labute approximate surface area is 98.9 Å². The lowest BCUT2D eigenvalue weighted by Gasteiger charge is -2.15. The summed E-state index contributed by atoms with van der Waals surface area (Å²) in [5, 5.41) is 0. The van der Waals surface area contributed by atoms with Gasteiger partial charge in [-0.15, -0.1) is 12.4 Å². The van der Waals surface area contributed by atoms with Crippen molar-refractivity contribution in [1.29, 1.82) is 0 Å². The quantitative estimate of drug-likeness (QED) is 0.861. The molecule has 0 aromatic heterocycles. The molecule has 0 fully saturated rings. The van der Waals surface area contributed by atoms with Crippen LogP contribution in [0.3, 0.4) is 0 Å². The van der Waals surface area contributed by atoms with Gasteiger partial charge in [-0.25, -0.2) is 0 Å². The molecule has 2 N–H and O–H groups in total. The van der Waals surface area contributed by atoms with Gasteiger partial charge >= 0.3 is 0 Å². The van der Waals surface area contributed by atoms with Crippen molar-refractivity contribution in [2.24, 2.45) is 5.73 Å². The van der Waals surface area contributed by atoms with Crippen molar-refractivity contribution in [1.82, 2.24) is 0 Å². The van der Waals surface area contributed by atoms with Crippen LogP contribution in [-0.4, -0.2) is 20.1 Å². The van der Waals surface area contributed by atoms with Crippen LogP contribution in [0.4, 0.5) is 5.69 Å². The van der Waals surface area contributed by atoms with E-state index in [4.69, 9.17) is 5.73 Å². The molecule has 0 aliphatic carbocycles. The summed E-state index contributed by atoms with van der Waals surface area (Å²) >= 11 is 0. The first-order valence-electron chi connectivity index (χ1n) is 5.03. The van der Waals surface area contributed by atoms with E-state index in [2.05, 4.69) is 44.1 Å². The highest BCUT2D eigenvalue weighted by molar-refractivity contribution is 5.85. The van der Waals surface area contributed by atoms with Crippen LogP contribution in [0.15, 0.2) is 18.2 Å². The van der Waals surface area contributed by atoms with Gasteiger partial charge in [0.05, 0.1) is 0 Å². The van der Waals surface area contributed by atoms with Gasteiger partial charge in [-0.05, 0) is 43.5 Å². The standard InChI is InChI=1S/C12H20N2.ClH/c1-9-7-12(14(3)4)6-5-11(9)8-10(2)13;/h5-7,10H,8,13H2,1-4H3;1H. The zero-order valence-electron chi connectivity index (χ0n) is 9.95. The number of halogens is 1. The lowest BCUT2D eigenvalue weighted by Crippen LogP contribution is -2.18. The van der Waals surface area contributed by atoms with E-state index in [-0.39, 0.29) is 18.4 Å². The number of anilines is 1. The molecule has 0 saturated carbocycles. The molecular weight excluding hydrogens is 208 g/mol. The Morgan fingerprint density at radius 1 is 1.33 bits per heavy atom. The fraction of sp³-hybridized carbons (Fsp3) is 0.500. The minimum atomic E-state index is 0. The Morgan fingerprint density at radius 2 is 1.93 bits per heavy atom. The topological polar surface area (TPSA) is 29.3 Å². The molecule has 0 heterocycles. The lowest BCUT2D eigenvalue weighted by molar-refractivity contribution is 0.735. The van der Waals surface area contributed by atoms with Crippen molar-refractivity contribution < 1.29 is 0 Å². The Hall–Kier alpha value is -0.730. The van der Waals surface area contributed by atoms with Gasteiger partial charge < -0.3 is 10.6 Å². The molecule has 1 atom stereocenters. The summed E-state index contributed by atoms with van der Waals surface area (Å²) in [7, 11) is 4.11. The maximum atomic E-state index is 5.78. The van der Waals surface area contributed by atoms with E-state index in [1.807, 2.05) is 6.92 Å². The van der Waals surface area contributed by atoms with Gasteiger partial charge in [-0.2, -0.15) is 0 Å². The molecule has 1 aromatic carbocycles. The summed E-state index contributed by atoms with van der Waals surface area (Å²) in [6, 6.07) is 6.76. The van der Waals surface area contributed by atoms with Gasteiger partial charge in [0.25, 0.3) is 0 Å². The van der Waals surface area contributed by atoms with E-state index in [1.54, 1.807) is 0 Å². The van der Waals surface area contributed by atoms with Crippen LogP contribution in [0, 0.1) is 6.92 Å². The molecule has 0 aliphatic rings. The summed E-state index contributed by atoms with van der Waals surface area (Å²) < 4.78 is 0. The van der Waals surface area contributed by atoms with Crippen molar-refractivity contribution in [3.8, 4) is 0 Å². The van der Waals surface area contributed by atoms with E-state index in [0.717, 1.165) is 6.42 Å². The molecule has 0 spiro atoms. The number of hydrogen-bond acceptors (Lipinski definition) is 2. The maximum Gasteiger partial charge on any atom is 0.0363 e. The minimum absolute atomic E-state index is 0. The van der Waals surface area contributed by atoms with Gasteiger partial charge in [0.1, 0.15) is 0 Å². The molecule has 86 valence electrons. The molecule has 1 aromatic rings. The molecule has 3 heteroatoms. The Morgan fingerprint density at radius 3 is 2.33 bits per heavy atom. The SMILES string of the molecule is Cc1cc(N(C)C)ccc1CC(C)N.Cl. The summed E-state index contributed by atoms with van der Waals surface area (Å²) in [6.07, 6.45) is 0.958. The zero-order valence-corrected chi connectivity index (χ0v) is 10.8. The minimum Gasteiger partial charge on any atom is -0.378 e. The summed E-state index contributed by atoms with van der Waals surface area (Å²) in [5.41, 5.74) is 9.71. The number of benzene rings is 1. The van der Waals surface area contributed by atoms with Crippen LogP contribution in [0.25, 0.3) is 0 Å². The van der Waals surface area contributed by atoms with Crippen LogP contribution < -0.4 is 10.6 Å². The highest BCUT2D eigenvalue weighted by atomic mass is 35.5. The fourth-order valence-corrected chi connectivity index (χ4v) is 1.53. The monoisotopic (exact) mass is 228 g/mol. The first-order valence-corrected chi connectivity index (χ1v) is 5.03. The van der Waals surface area contributed by atoms with E-state index >= 15 is 0 Å². The normalized spacial score (nSPS) is 11.8. The lowest BCUT2D eigenvalue weighted by atomic mass is 10.0. The first kappa shape index (κ1) is 14.3. The maximum absolute atomic E-state index is 5.78. The van der Waals surface area contributed by atoms with Crippen LogP contribution in [-0.2, 0) is 6.42 Å². The van der Waals surface area contributed by atoms with Crippen LogP contribution in [0.5, 0.6) is 0 Å². The molecule has 1 unspecified atom stereocenters. The van der Waals surface area contributed by atoms with E-state index < -0.39 is 0 Å².